The molecular formula is C26H27N5O3. The number of fused-ring (bicyclic) bond motifs is 2. The molecule has 3 aromatic rings. The van der Waals surface area contributed by atoms with Crippen molar-refractivity contribution in [1.82, 2.24) is 15.0 Å². The number of hydrazine groups is 1. The molecule has 8 heteroatoms. The lowest BCUT2D eigenvalue weighted by Crippen LogP contribution is -2.59. The predicted molar refractivity (Wildman–Crippen MR) is 130 cm³/mol. The van der Waals surface area contributed by atoms with E-state index in [9.17, 15) is 14.4 Å². The van der Waals surface area contributed by atoms with Crippen molar-refractivity contribution in [2.24, 2.45) is 11.8 Å². The quantitative estimate of drug-likeness (QED) is 0.581. The molecule has 0 radical (unpaired) electrons. The largest absolute Gasteiger partial charge is 0.305 e. The molecule has 1 saturated heterocycles. The van der Waals surface area contributed by atoms with Gasteiger partial charge in [-0.1, -0.05) is 30.4 Å². The van der Waals surface area contributed by atoms with Crippen LogP contribution in [0.1, 0.15) is 44.0 Å². The van der Waals surface area contributed by atoms with Crippen molar-refractivity contribution in [3.05, 3.63) is 66.2 Å². The predicted octanol–water partition coefficient (Wildman–Crippen LogP) is 4.00. The lowest BCUT2D eigenvalue weighted by Gasteiger charge is -2.38. The van der Waals surface area contributed by atoms with Gasteiger partial charge >= 0.3 is 0 Å². The molecule has 174 valence electrons. The maximum absolute atomic E-state index is 13.2. The number of imidazole rings is 1. The Morgan fingerprint density at radius 3 is 2.53 bits per heavy atom. The first-order chi connectivity index (χ1) is 16.2. The fourth-order valence-electron chi connectivity index (χ4n) is 4.73. The molecule has 0 saturated carbocycles. The number of carbonyl (C=O) groups excluding carboxylic acids is 3. The average Bonchev–Trinajstić information content (AvgIpc) is 3.20. The zero-order valence-corrected chi connectivity index (χ0v) is 19.4. The fourth-order valence-corrected chi connectivity index (χ4v) is 4.73. The van der Waals surface area contributed by atoms with Crippen LogP contribution in [0, 0.1) is 11.8 Å². The number of para-hydroxylation sites is 2. The van der Waals surface area contributed by atoms with Crippen molar-refractivity contribution in [3.63, 3.8) is 0 Å². The molecule has 8 nitrogen and oxygen atoms in total. The normalized spacial score (nSPS) is 20.3. The molecule has 2 atom stereocenters. The Labute approximate surface area is 197 Å². The van der Waals surface area contributed by atoms with Crippen LogP contribution in [0.4, 0.5) is 11.6 Å². The molecule has 1 aromatic heterocycles. The lowest BCUT2D eigenvalue weighted by atomic mass is 9.80. The summed E-state index contributed by atoms with van der Waals surface area (Å²) in [7, 11) is 0. The highest BCUT2D eigenvalue weighted by atomic mass is 16.2. The van der Waals surface area contributed by atoms with E-state index in [1.807, 2.05) is 41.0 Å². The Bertz CT molecular complexity index is 1330. The van der Waals surface area contributed by atoms with Crippen LogP contribution in [-0.2, 0) is 15.1 Å². The highest BCUT2D eigenvalue weighted by Crippen LogP contribution is 2.33. The summed E-state index contributed by atoms with van der Waals surface area (Å²) in [6.45, 7) is 6.15. The van der Waals surface area contributed by atoms with Gasteiger partial charge in [0, 0.05) is 11.1 Å². The zero-order valence-electron chi connectivity index (χ0n) is 19.4. The number of rotatable bonds is 3. The van der Waals surface area contributed by atoms with E-state index in [0.717, 1.165) is 11.0 Å². The van der Waals surface area contributed by atoms with E-state index in [2.05, 4.69) is 36.5 Å². The summed E-state index contributed by atoms with van der Waals surface area (Å²) >= 11 is 0. The number of hydrogen-bond donors (Lipinski definition) is 2. The Balaban J connectivity index is 1.44. The average molecular weight is 458 g/mol. The first-order valence-corrected chi connectivity index (χ1v) is 11.4. The van der Waals surface area contributed by atoms with Gasteiger partial charge in [0.1, 0.15) is 0 Å². The van der Waals surface area contributed by atoms with Crippen LogP contribution in [-0.4, -0.2) is 27.3 Å². The van der Waals surface area contributed by atoms with E-state index in [1.165, 1.54) is 5.01 Å². The summed E-state index contributed by atoms with van der Waals surface area (Å²) in [5.74, 6) is -0.975. The van der Waals surface area contributed by atoms with Crippen LogP contribution in [0.15, 0.2) is 60.7 Å². The van der Waals surface area contributed by atoms with E-state index in [0.29, 0.717) is 30.0 Å². The lowest BCUT2D eigenvalue weighted by molar-refractivity contribution is -0.139. The van der Waals surface area contributed by atoms with E-state index < -0.39 is 0 Å². The number of benzene rings is 2. The zero-order chi connectivity index (χ0) is 24.0. The Morgan fingerprint density at radius 2 is 1.76 bits per heavy atom. The van der Waals surface area contributed by atoms with Crippen molar-refractivity contribution in [1.29, 1.82) is 0 Å². The molecule has 1 aliphatic carbocycles. The molecule has 1 fully saturated rings. The van der Waals surface area contributed by atoms with E-state index in [-0.39, 0.29) is 35.1 Å². The van der Waals surface area contributed by atoms with Crippen LogP contribution < -0.4 is 15.8 Å². The monoisotopic (exact) mass is 457 g/mol. The molecule has 5 rings (SSSR count). The standard InChI is InChI=1S/C26H27N5O3/c1-26(2,3)30-21-14-7-6-13-20(21)27-25(30)28-22(32)16-9-8-10-17(15-16)31-24(34)19-12-5-4-11-18(19)23(33)29-31/h4-10,13-15,18-19H,11-12H2,1-3H3,(H,29,33)(H,27,28,32)/t18-,19+/m0/s1. The van der Waals surface area contributed by atoms with Crippen molar-refractivity contribution in [3.8, 4) is 0 Å². The summed E-state index contributed by atoms with van der Waals surface area (Å²) in [6, 6.07) is 14.4. The van der Waals surface area contributed by atoms with Gasteiger partial charge in [0.15, 0.2) is 0 Å². The first-order valence-electron chi connectivity index (χ1n) is 11.4. The molecule has 1 aliphatic heterocycles. The second-order valence-electron chi connectivity index (χ2n) is 9.74. The maximum atomic E-state index is 13.2. The van der Waals surface area contributed by atoms with Gasteiger partial charge < -0.3 is 4.57 Å². The number of nitrogens with one attached hydrogen (secondary N) is 2. The van der Waals surface area contributed by atoms with E-state index >= 15 is 0 Å². The van der Waals surface area contributed by atoms with Crippen LogP contribution in [0.5, 0.6) is 0 Å². The van der Waals surface area contributed by atoms with Gasteiger partial charge in [-0.3, -0.25) is 25.1 Å². The third kappa shape index (κ3) is 3.75. The number of nitrogens with zero attached hydrogens (tertiary/aromatic N) is 3. The second kappa shape index (κ2) is 8.13. The molecule has 0 bridgehead atoms. The summed E-state index contributed by atoms with van der Waals surface area (Å²) in [5, 5.41) is 4.20. The first kappa shape index (κ1) is 21.9. The number of allylic oxidation sites excluding steroid dienone is 2. The minimum absolute atomic E-state index is 0.166. The maximum Gasteiger partial charge on any atom is 0.258 e. The number of carbonyl (C=O) groups is 3. The topological polar surface area (TPSA) is 96.3 Å². The van der Waals surface area contributed by atoms with Crippen LogP contribution in [0.25, 0.3) is 11.0 Å². The molecule has 3 amide bonds. The minimum Gasteiger partial charge on any atom is -0.305 e. The van der Waals surface area contributed by atoms with Gasteiger partial charge in [-0.25, -0.2) is 9.99 Å². The van der Waals surface area contributed by atoms with Gasteiger partial charge in [-0.15, -0.1) is 0 Å². The fraction of sp³-hybridized carbons (Fsp3) is 0.308. The molecule has 34 heavy (non-hydrogen) atoms. The van der Waals surface area contributed by atoms with Crippen LogP contribution >= 0.6 is 0 Å². The van der Waals surface area contributed by atoms with Gasteiger partial charge in [0.2, 0.25) is 17.8 Å². The second-order valence-corrected chi connectivity index (χ2v) is 9.74. The molecule has 2 aliphatic rings. The highest BCUT2D eigenvalue weighted by Gasteiger charge is 2.42. The van der Waals surface area contributed by atoms with Crippen LogP contribution in [0.2, 0.25) is 0 Å². The number of hydrogen-bond acceptors (Lipinski definition) is 4. The number of amides is 3. The Kier molecular flexibility index (Phi) is 5.23. The third-order valence-electron chi connectivity index (χ3n) is 6.35. The van der Waals surface area contributed by atoms with Gasteiger partial charge in [-0.2, -0.15) is 0 Å². The molecule has 0 spiro atoms. The van der Waals surface area contributed by atoms with Crippen LogP contribution in [0.3, 0.4) is 0 Å². The summed E-state index contributed by atoms with van der Waals surface area (Å²) in [5.41, 5.74) is 4.92. The van der Waals surface area contributed by atoms with E-state index in [1.54, 1.807) is 24.3 Å². The molecular weight excluding hydrogens is 430 g/mol. The molecule has 2 aromatic carbocycles. The SMILES string of the molecule is CC(C)(C)n1c(NC(=O)c2cccc(N3NC(=O)[C@H]4CC=CC[C@H]4C3=O)c2)nc2ccccc21. The van der Waals surface area contributed by atoms with Gasteiger partial charge in [0.25, 0.3) is 5.91 Å². The summed E-state index contributed by atoms with van der Waals surface area (Å²) < 4.78 is 2.00. The minimum atomic E-state index is -0.386. The smallest absolute Gasteiger partial charge is 0.258 e. The molecule has 0 unspecified atom stereocenters. The van der Waals surface area contributed by atoms with Gasteiger partial charge in [-0.05, 0) is 63.9 Å². The van der Waals surface area contributed by atoms with Crippen molar-refractivity contribution < 1.29 is 14.4 Å². The third-order valence-corrected chi connectivity index (χ3v) is 6.35. The van der Waals surface area contributed by atoms with Crippen molar-refractivity contribution in [2.45, 2.75) is 39.2 Å². The van der Waals surface area contributed by atoms with E-state index in [4.69, 9.17) is 0 Å². The van der Waals surface area contributed by atoms with Gasteiger partial charge in [0.05, 0.1) is 28.6 Å². The Morgan fingerprint density at radius 1 is 1.03 bits per heavy atom. The highest BCUT2D eigenvalue weighted by molar-refractivity contribution is 6.07. The molecule has 2 heterocycles. The number of anilines is 2. The molecule has 2 N–H and O–H groups in total. The summed E-state index contributed by atoms with van der Waals surface area (Å²) in [6.07, 6.45) is 4.99. The number of aromatic nitrogens is 2. The van der Waals surface area contributed by atoms with Crippen molar-refractivity contribution in [2.75, 3.05) is 10.3 Å². The Hall–Kier alpha value is -3.94. The van der Waals surface area contributed by atoms with Crippen molar-refractivity contribution >= 4 is 40.4 Å². The summed E-state index contributed by atoms with van der Waals surface area (Å²) in [4.78, 5) is 43.5.